The molecule has 3 rings (SSSR count). The third-order valence-electron chi connectivity index (χ3n) is 4.29. The maximum absolute atomic E-state index is 13.2. The Morgan fingerprint density at radius 2 is 1.72 bits per heavy atom. The second-order valence-corrected chi connectivity index (χ2v) is 7.95. The molecular formula is C17H21FN4O2S. The summed E-state index contributed by atoms with van der Waals surface area (Å²) in [6.07, 6.45) is 5.91. The van der Waals surface area contributed by atoms with Crippen molar-refractivity contribution in [3.05, 3.63) is 41.7 Å². The SMILES string of the molecule is Cc1cc(F)ccc1S(=O)(=O)Nc1ccc(NC2CCCCC2)nn1. The highest BCUT2D eigenvalue weighted by Gasteiger charge is 2.18. The quantitative estimate of drug-likeness (QED) is 0.849. The van der Waals surface area contributed by atoms with Gasteiger partial charge >= 0.3 is 0 Å². The number of hydrogen-bond acceptors (Lipinski definition) is 5. The normalized spacial score (nSPS) is 15.8. The van der Waals surface area contributed by atoms with Gasteiger partial charge in [-0.05, 0) is 55.7 Å². The molecule has 2 aromatic rings. The van der Waals surface area contributed by atoms with E-state index in [0.29, 0.717) is 17.4 Å². The van der Waals surface area contributed by atoms with Gasteiger partial charge in [0.25, 0.3) is 10.0 Å². The Hall–Kier alpha value is -2.22. The number of nitrogens with one attached hydrogen (secondary N) is 2. The third-order valence-corrected chi connectivity index (χ3v) is 5.80. The second-order valence-electron chi connectivity index (χ2n) is 6.30. The molecule has 1 aromatic heterocycles. The zero-order chi connectivity index (χ0) is 17.9. The molecule has 1 aliphatic rings. The number of rotatable bonds is 5. The molecule has 8 heteroatoms. The molecule has 0 bridgehead atoms. The van der Waals surface area contributed by atoms with Crippen LogP contribution in [0, 0.1) is 12.7 Å². The number of halogens is 1. The fraction of sp³-hybridized carbons (Fsp3) is 0.412. The molecule has 0 saturated heterocycles. The molecule has 0 spiro atoms. The minimum Gasteiger partial charge on any atom is -0.366 e. The lowest BCUT2D eigenvalue weighted by Gasteiger charge is -2.22. The number of nitrogens with zero attached hydrogens (tertiary/aromatic N) is 2. The van der Waals surface area contributed by atoms with Crippen molar-refractivity contribution in [1.82, 2.24) is 10.2 Å². The first-order chi connectivity index (χ1) is 11.9. The van der Waals surface area contributed by atoms with Crippen molar-refractivity contribution in [3.8, 4) is 0 Å². The second kappa shape index (κ2) is 7.35. The molecule has 1 fully saturated rings. The van der Waals surface area contributed by atoms with Crippen LogP contribution in [0.3, 0.4) is 0 Å². The fourth-order valence-corrected chi connectivity index (χ4v) is 4.25. The standard InChI is InChI=1S/C17H21FN4O2S/c1-12-11-13(18)7-8-15(12)25(23,24)22-17-10-9-16(20-21-17)19-14-5-3-2-4-6-14/h7-11,14H,2-6H2,1H3,(H,19,20)(H,21,22). The van der Waals surface area contributed by atoms with Gasteiger partial charge in [0.15, 0.2) is 5.82 Å². The average Bonchev–Trinajstić information content (AvgIpc) is 2.57. The Bertz CT molecular complexity index is 834. The van der Waals surface area contributed by atoms with Crippen molar-refractivity contribution in [2.75, 3.05) is 10.0 Å². The Morgan fingerprint density at radius 1 is 1.04 bits per heavy atom. The van der Waals surface area contributed by atoms with E-state index in [0.717, 1.165) is 18.9 Å². The van der Waals surface area contributed by atoms with E-state index in [2.05, 4.69) is 20.2 Å². The largest absolute Gasteiger partial charge is 0.366 e. The smallest absolute Gasteiger partial charge is 0.263 e. The molecule has 1 aromatic carbocycles. The summed E-state index contributed by atoms with van der Waals surface area (Å²) in [7, 11) is -3.84. The van der Waals surface area contributed by atoms with Crippen LogP contribution in [0.1, 0.15) is 37.7 Å². The van der Waals surface area contributed by atoms with Crippen LogP contribution in [0.4, 0.5) is 16.0 Å². The predicted octanol–water partition coefficient (Wildman–Crippen LogP) is 3.47. The van der Waals surface area contributed by atoms with E-state index >= 15 is 0 Å². The zero-order valence-electron chi connectivity index (χ0n) is 14.0. The maximum atomic E-state index is 13.2. The summed E-state index contributed by atoms with van der Waals surface area (Å²) in [5, 5.41) is 11.3. The molecule has 1 aliphatic carbocycles. The Kier molecular flexibility index (Phi) is 5.17. The van der Waals surface area contributed by atoms with Gasteiger partial charge in [0.1, 0.15) is 11.6 Å². The third kappa shape index (κ3) is 4.45. The minimum absolute atomic E-state index is 0.0140. The van der Waals surface area contributed by atoms with Gasteiger partial charge < -0.3 is 5.32 Å². The molecule has 0 unspecified atom stereocenters. The predicted molar refractivity (Wildman–Crippen MR) is 94.5 cm³/mol. The van der Waals surface area contributed by atoms with Gasteiger partial charge in [-0.25, -0.2) is 12.8 Å². The van der Waals surface area contributed by atoms with Crippen LogP contribution in [-0.4, -0.2) is 24.7 Å². The van der Waals surface area contributed by atoms with Crippen molar-refractivity contribution in [2.24, 2.45) is 0 Å². The summed E-state index contributed by atoms with van der Waals surface area (Å²) >= 11 is 0. The summed E-state index contributed by atoms with van der Waals surface area (Å²) < 4.78 is 40.4. The molecule has 1 saturated carbocycles. The highest BCUT2D eigenvalue weighted by molar-refractivity contribution is 7.92. The summed E-state index contributed by atoms with van der Waals surface area (Å²) in [6, 6.07) is 7.19. The molecule has 0 aliphatic heterocycles. The first-order valence-corrected chi connectivity index (χ1v) is 9.81. The highest BCUT2D eigenvalue weighted by Crippen LogP contribution is 2.22. The molecule has 0 radical (unpaired) electrons. The fourth-order valence-electron chi connectivity index (χ4n) is 3.03. The molecule has 0 atom stereocenters. The van der Waals surface area contributed by atoms with E-state index in [4.69, 9.17) is 0 Å². The number of sulfonamides is 1. The lowest BCUT2D eigenvalue weighted by molar-refractivity contribution is 0.461. The van der Waals surface area contributed by atoms with E-state index in [1.54, 1.807) is 19.1 Å². The number of aromatic nitrogens is 2. The van der Waals surface area contributed by atoms with E-state index in [9.17, 15) is 12.8 Å². The Morgan fingerprint density at radius 3 is 2.36 bits per heavy atom. The van der Waals surface area contributed by atoms with Crippen molar-refractivity contribution >= 4 is 21.7 Å². The number of benzene rings is 1. The van der Waals surface area contributed by atoms with Gasteiger partial charge in [-0.1, -0.05) is 19.3 Å². The van der Waals surface area contributed by atoms with Gasteiger partial charge in [0, 0.05) is 6.04 Å². The van der Waals surface area contributed by atoms with Gasteiger partial charge in [0.05, 0.1) is 4.90 Å². The minimum atomic E-state index is -3.84. The maximum Gasteiger partial charge on any atom is 0.263 e. The lowest BCUT2D eigenvalue weighted by atomic mass is 9.95. The van der Waals surface area contributed by atoms with Crippen molar-refractivity contribution in [1.29, 1.82) is 0 Å². The van der Waals surface area contributed by atoms with Gasteiger partial charge in [0.2, 0.25) is 0 Å². The molecule has 2 N–H and O–H groups in total. The Labute approximate surface area is 146 Å². The Balaban J connectivity index is 1.69. The lowest BCUT2D eigenvalue weighted by Crippen LogP contribution is -2.23. The van der Waals surface area contributed by atoms with Crippen LogP contribution in [0.25, 0.3) is 0 Å². The topological polar surface area (TPSA) is 84.0 Å². The molecule has 134 valence electrons. The van der Waals surface area contributed by atoms with Crippen LogP contribution in [0.2, 0.25) is 0 Å². The van der Waals surface area contributed by atoms with Crippen molar-refractivity contribution in [2.45, 2.75) is 50.0 Å². The number of aryl methyl sites for hydroxylation is 1. The van der Waals surface area contributed by atoms with E-state index in [1.807, 2.05) is 0 Å². The van der Waals surface area contributed by atoms with Crippen LogP contribution in [0.5, 0.6) is 0 Å². The van der Waals surface area contributed by atoms with Gasteiger partial charge in [-0.2, -0.15) is 0 Å². The highest BCUT2D eigenvalue weighted by atomic mass is 32.2. The van der Waals surface area contributed by atoms with Gasteiger partial charge in [-0.3, -0.25) is 4.72 Å². The molecular weight excluding hydrogens is 343 g/mol. The van der Waals surface area contributed by atoms with E-state index < -0.39 is 15.8 Å². The molecule has 1 heterocycles. The molecule has 0 amide bonds. The first kappa shape index (κ1) is 17.6. The molecule has 6 nitrogen and oxygen atoms in total. The first-order valence-electron chi connectivity index (χ1n) is 8.33. The van der Waals surface area contributed by atoms with Crippen LogP contribution >= 0.6 is 0 Å². The average molecular weight is 364 g/mol. The van der Waals surface area contributed by atoms with Crippen LogP contribution in [0.15, 0.2) is 35.2 Å². The summed E-state index contributed by atoms with van der Waals surface area (Å²) in [4.78, 5) is 0.0140. The summed E-state index contributed by atoms with van der Waals surface area (Å²) in [5.41, 5.74) is 0.330. The number of hydrogen-bond donors (Lipinski definition) is 2. The van der Waals surface area contributed by atoms with Crippen LogP contribution in [-0.2, 0) is 10.0 Å². The zero-order valence-corrected chi connectivity index (χ0v) is 14.8. The monoisotopic (exact) mass is 364 g/mol. The summed E-state index contributed by atoms with van der Waals surface area (Å²) in [6.45, 7) is 1.54. The summed E-state index contributed by atoms with van der Waals surface area (Å²) in [5.74, 6) is 0.278. The number of anilines is 2. The van der Waals surface area contributed by atoms with Crippen LogP contribution < -0.4 is 10.0 Å². The molecule has 25 heavy (non-hydrogen) atoms. The van der Waals surface area contributed by atoms with E-state index in [-0.39, 0.29) is 10.7 Å². The van der Waals surface area contributed by atoms with Crippen molar-refractivity contribution in [3.63, 3.8) is 0 Å². The van der Waals surface area contributed by atoms with Crippen molar-refractivity contribution < 1.29 is 12.8 Å². The van der Waals surface area contributed by atoms with Gasteiger partial charge in [-0.15, -0.1) is 10.2 Å². The van der Waals surface area contributed by atoms with E-state index in [1.165, 1.54) is 31.4 Å².